The summed E-state index contributed by atoms with van der Waals surface area (Å²) in [7, 11) is 0. The van der Waals surface area contributed by atoms with Crippen molar-refractivity contribution < 1.29 is 24.3 Å². The lowest BCUT2D eigenvalue weighted by molar-refractivity contribution is -0.146. The van der Waals surface area contributed by atoms with E-state index < -0.39 is 50.8 Å². The zero-order valence-electron chi connectivity index (χ0n) is 20.3. The van der Waals surface area contributed by atoms with Gasteiger partial charge < -0.3 is 5.11 Å². The van der Waals surface area contributed by atoms with E-state index in [9.17, 15) is 24.3 Å². The molecule has 0 bridgehead atoms. The van der Waals surface area contributed by atoms with Crippen LogP contribution in [0.2, 0.25) is 0 Å². The minimum atomic E-state index is -1.84. The van der Waals surface area contributed by atoms with Gasteiger partial charge in [0, 0.05) is 11.5 Å². The molecule has 1 aromatic carbocycles. The highest BCUT2D eigenvalue weighted by Crippen LogP contribution is 2.65. The number of fused-ring (bicyclic) bond motifs is 4. The molecule has 2 heterocycles. The zero-order chi connectivity index (χ0) is 26.5. The summed E-state index contributed by atoms with van der Waals surface area (Å²) < 4.78 is 0. The molecule has 7 nitrogen and oxygen atoms in total. The summed E-state index contributed by atoms with van der Waals surface area (Å²) in [5.74, 6) is -4.30. The van der Waals surface area contributed by atoms with Crippen LogP contribution in [0.3, 0.4) is 0 Å². The zero-order valence-corrected chi connectivity index (χ0v) is 23.4. The number of alkyl halides is 3. The summed E-state index contributed by atoms with van der Waals surface area (Å²) in [4.78, 5) is 53.0. The minimum Gasteiger partial charge on any atom is -0.508 e. The van der Waals surface area contributed by atoms with Crippen LogP contribution in [0.4, 0.5) is 0 Å². The molecule has 2 aliphatic carbocycles. The Morgan fingerprint density at radius 1 is 1.08 bits per heavy atom. The lowest BCUT2D eigenvalue weighted by Gasteiger charge is -2.50. The van der Waals surface area contributed by atoms with Crippen LogP contribution in [0.25, 0.3) is 0 Å². The third-order valence-electron chi connectivity index (χ3n) is 8.24. The number of halogens is 3. The van der Waals surface area contributed by atoms with E-state index in [0.29, 0.717) is 17.5 Å². The smallest absolute Gasteiger partial charge is 0.254 e. The van der Waals surface area contributed by atoms with Crippen LogP contribution < -0.4 is 0 Å². The van der Waals surface area contributed by atoms with Gasteiger partial charge in [0.25, 0.3) is 11.8 Å². The number of allylic oxidation sites excluding steroid dienone is 2. The molecule has 10 heteroatoms. The van der Waals surface area contributed by atoms with Crippen LogP contribution >= 0.6 is 39.1 Å². The summed E-state index contributed by atoms with van der Waals surface area (Å²) >= 11 is 17.6. The number of hydrogen-bond donors (Lipinski definition) is 1. The lowest BCUT2D eigenvalue weighted by Crippen LogP contribution is -2.60. The number of amides is 4. The van der Waals surface area contributed by atoms with Crippen LogP contribution in [0.15, 0.2) is 29.8 Å². The molecule has 1 saturated carbocycles. The Morgan fingerprint density at radius 2 is 1.75 bits per heavy atom. The number of phenolic OH excluding ortho intramolecular Hbond substituents is 1. The Bertz CT molecular complexity index is 1260. The largest absolute Gasteiger partial charge is 0.508 e. The molecule has 6 unspecified atom stereocenters. The molecule has 1 aromatic rings. The lowest BCUT2D eigenvalue weighted by atomic mass is 9.56. The fourth-order valence-electron chi connectivity index (χ4n) is 6.65. The molecule has 3 fully saturated rings. The minimum absolute atomic E-state index is 0.0380. The van der Waals surface area contributed by atoms with Gasteiger partial charge >= 0.3 is 0 Å². The molecular weight excluding hydrogens is 571 g/mol. The van der Waals surface area contributed by atoms with Crippen molar-refractivity contribution in [2.75, 3.05) is 5.45 Å². The number of nitrogens with zero attached hydrogens (tertiary/aromatic N) is 2. The highest BCUT2D eigenvalue weighted by molar-refractivity contribution is 9.09. The Hall–Kier alpha value is -1.90. The summed E-state index contributed by atoms with van der Waals surface area (Å²) in [6.07, 6.45) is 2.20. The van der Waals surface area contributed by atoms with E-state index in [1.807, 2.05) is 26.8 Å². The fraction of sp³-hybridized carbons (Fsp3) is 0.538. The van der Waals surface area contributed by atoms with Gasteiger partial charge in [0.15, 0.2) is 9.75 Å². The quantitative estimate of drug-likeness (QED) is 0.238. The number of carbonyl (C=O) groups is 4. The van der Waals surface area contributed by atoms with Gasteiger partial charge in [-0.25, -0.2) is 0 Å². The third-order valence-corrected chi connectivity index (χ3v) is 10.2. The first-order valence-electron chi connectivity index (χ1n) is 11.9. The maximum absolute atomic E-state index is 13.7. The van der Waals surface area contributed by atoms with E-state index in [1.165, 1.54) is 11.0 Å². The molecule has 2 aliphatic heterocycles. The van der Waals surface area contributed by atoms with Crippen molar-refractivity contribution in [2.24, 2.45) is 17.8 Å². The Morgan fingerprint density at radius 3 is 2.33 bits per heavy atom. The molecule has 192 valence electrons. The van der Waals surface area contributed by atoms with Crippen molar-refractivity contribution in [1.29, 1.82) is 0 Å². The molecule has 0 spiro atoms. The first-order valence-corrected chi connectivity index (χ1v) is 13.8. The van der Waals surface area contributed by atoms with Gasteiger partial charge in [-0.2, -0.15) is 0 Å². The third kappa shape index (κ3) is 3.10. The van der Waals surface area contributed by atoms with E-state index in [0.717, 1.165) is 10.5 Å². The second-order valence-corrected chi connectivity index (χ2v) is 13.0. The fourth-order valence-corrected chi connectivity index (χ4v) is 8.07. The number of aryl methyl sites for hydroxylation is 1. The molecule has 1 N–H and O–H groups in total. The normalized spacial score (nSPS) is 36.1. The van der Waals surface area contributed by atoms with Crippen LogP contribution in [0, 0.1) is 24.7 Å². The molecule has 0 aromatic heterocycles. The summed E-state index contributed by atoms with van der Waals surface area (Å²) in [6.45, 7) is 7.18. The Kier molecular flexibility index (Phi) is 5.75. The maximum Gasteiger partial charge on any atom is 0.254 e. The predicted molar refractivity (Wildman–Crippen MR) is 138 cm³/mol. The molecule has 6 atom stereocenters. The molecule has 0 radical (unpaired) electrons. The number of benzene rings is 1. The molecule has 4 amide bonds. The first-order chi connectivity index (χ1) is 16.7. The number of carbonyl (C=O) groups excluding carboxylic acids is 4. The number of phenols is 1. The second kappa shape index (κ2) is 8.05. The van der Waals surface area contributed by atoms with E-state index in [-0.39, 0.29) is 29.4 Å². The van der Waals surface area contributed by atoms with Gasteiger partial charge in [0.1, 0.15) is 5.75 Å². The maximum atomic E-state index is 13.7. The topological polar surface area (TPSA) is 95.0 Å². The summed E-state index contributed by atoms with van der Waals surface area (Å²) in [5.41, 5.74) is 1.16. The highest BCUT2D eigenvalue weighted by atomic mass is 79.9. The van der Waals surface area contributed by atoms with Gasteiger partial charge in [0.2, 0.25) is 11.8 Å². The van der Waals surface area contributed by atoms with E-state index >= 15 is 0 Å². The second-order valence-electron chi connectivity index (χ2n) is 11.2. The van der Waals surface area contributed by atoms with E-state index in [4.69, 9.17) is 23.2 Å². The van der Waals surface area contributed by atoms with Crippen molar-refractivity contribution in [2.45, 2.75) is 61.7 Å². The molecule has 5 rings (SSSR count). The molecule has 36 heavy (non-hydrogen) atoms. The molecule has 4 aliphatic rings. The van der Waals surface area contributed by atoms with Crippen LogP contribution in [-0.4, -0.2) is 59.3 Å². The van der Waals surface area contributed by atoms with Crippen LogP contribution in [0.5, 0.6) is 5.75 Å². The highest BCUT2D eigenvalue weighted by Gasteiger charge is 2.76. The number of rotatable bonds is 2. The van der Waals surface area contributed by atoms with Crippen LogP contribution in [0.1, 0.15) is 50.7 Å². The summed E-state index contributed by atoms with van der Waals surface area (Å²) in [6, 6.07) is 4.92. The predicted octanol–water partition coefficient (Wildman–Crippen LogP) is 4.21. The average molecular weight is 598 g/mol. The van der Waals surface area contributed by atoms with E-state index in [1.54, 1.807) is 19.1 Å². The van der Waals surface area contributed by atoms with Crippen molar-refractivity contribution >= 4 is 62.8 Å². The number of hydrogen-bond acceptors (Lipinski definition) is 5. The Labute approximate surface area is 227 Å². The van der Waals surface area contributed by atoms with E-state index in [2.05, 4.69) is 15.9 Å². The average Bonchev–Trinajstić information content (AvgIpc) is 3.14. The van der Waals surface area contributed by atoms with Crippen molar-refractivity contribution in [3.8, 4) is 5.75 Å². The SMILES string of the molecule is Cc1cc(C2C3=CCC4C(=O)N(C(C)(C)C)C(=O)C4C3CC3(Cl)C(=O)N(CBr)C(=O)C23Cl)ccc1O. The van der Waals surface area contributed by atoms with Crippen molar-refractivity contribution in [1.82, 2.24) is 9.80 Å². The van der Waals surface area contributed by atoms with Gasteiger partial charge in [-0.1, -0.05) is 39.7 Å². The van der Waals surface area contributed by atoms with Gasteiger partial charge in [-0.3, -0.25) is 29.0 Å². The number of likely N-dealkylation sites (tertiary alicyclic amines) is 2. The van der Waals surface area contributed by atoms with Crippen molar-refractivity contribution in [3.63, 3.8) is 0 Å². The van der Waals surface area contributed by atoms with Crippen molar-refractivity contribution in [3.05, 3.63) is 41.0 Å². The first kappa shape index (κ1) is 25.7. The summed E-state index contributed by atoms with van der Waals surface area (Å²) in [5, 5.41) is 10.1. The van der Waals surface area contributed by atoms with Gasteiger partial charge in [0.05, 0.1) is 17.3 Å². The van der Waals surface area contributed by atoms with Crippen LogP contribution in [-0.2, 0) is 19.2 Å². The Balaban J connectivity index is 1.73. The monoisotopic (exact) mass is 596 g/mol. The standard InChI is InChI=1S/C26H27BrCl2N2O5/c1-12-9-13(5-8-17(12)32)19-14-6-7-15-18(21(34)31(20(15)33)24(2,3)4)16(14)10-25(28)22(35)30(11-27)23(36)26(19,25)29/h5-6,8-9,15-16,18-19,32H,7,10-11H2,1-4H3. The molecular formula is C26H27BrCl2N2O5. The molecule has 2 saturated heterocycles. The number of imide groups is 2. The van der Waals surface area contributed by atoms with Gasteiger partial charge in [-0.05, 0) is 63.6 Å². The number of aromatic hydroxyl groups is 1. The van der Waals surface area contributed by atoms with Gasteiger partial charge in [-0.15, -0.1) is 23.2 Å².